The van der Waals surface area contributed by atoms with Crippen LogP contribution in [0.5, 0.6) is 0 Å². The molecule has 0 radical (unpaired) electrons. The van der Waals surface area contributed by atoms with Crippen molar-refractivity contribution in [2.75, 3.05) is 13.1 Å². The van der Waals surface area contributed by atoms with Gasteiger partial charge in [0.05, 0.1) is 12.1 Å². The zero-order chi connectivity index (χ0) is 16.9. The number of hydrogen-bond acceptors (Lipinski definition) is 5. The topological polar surface area (TPSA) is 75.9 Å². The molecule has 1 N–H and O–H groups in total. The number of hydrogen-bond donors (Lipinski definition) is 1. The summed E-state index contributed by atoms with van der Waals surface area (Å²) < 4.78 is 1.76. The Morgan fingerprint density at radius 3 is 2.79 bits per heavy atom. The maximum Gasteiger partial charge on any atom is 0.237 e. The molecule has 1 aromatic carbocycles. The van der Waals surface area contributed by atoms with E-state index in [0.29, 0.717) is 12.5 Å². The fourth-order valence-corrected chi connectivity index (χ4v) is 3.09. The summed E-state index contributed by atoms with van der Waals surface area (Å²) in [7, 11) is 0. The van der Waals surface area contributed by atoms with Crippen molar-refractivity contribution >= 4 is 5.91 Å². The summed E-state index contributed by atoms with van der Waals surface area (Å²) in [5, 5.41) is 14.5. The molecule has 1 aliphatic heterocycles. The summed E-state index contributed by atoms with van der Waals surface area (Å²) in [5.74, 6) is 0.531. The highest BCUT2D eigenvalue weighted by Crippen LogP contribution is 2.28. The van der Waals surface area contributed by atoms with E-state index in [4.69, 9.17) is 0 Å². The van der Waals surface area contributed by atoms with E-state index in [9.17, 15) is 4.79 Å². The number of likely N-dealkylation sites (tertiary alicyclic amines) is 1. The number of nitrogens with one attached hydrogen (secondary N) is 1. The van der Waals surface area contributed by atoms with Crippen LogP contribution in [0.3, 0.4) is 0 Å². The summed E-state index contributed by atoms with van der Waals surface area (Å²) in [6.07, 6.45) is 2.35. The van der Waals surface area contributed by atoms with Gasteiger partial charge in [0.1, 0.15) is 6.33 Å². The molecule has 7 nitrogen and oxygen atoms in total. The summed E-state index contributed by atoms with van der Waals surface area (Å²) in [4.78, 5) is 14.9. The molecule has 2 heterocycles. The quantitative estimate of drug-likeness (QED) is 0.864. The van der Waals surface area contributed by atoms with E-state index in [1.807, 2.05) is 18.2 Å². The van der Waals surface area contributed by atoms with Crippen LogP contribution in [-0.4, -0.2) is 50.1 Å². The zero-order valence-electron chi connectivity index (χ0n) is 14.2. The van der Waals surface area contributed by atoms with Crippen molar-refractivity contribution in [1.29, 1.82) is 0 Å². The molecule has 0 unspecified atom stereocenters. The third-order valence-corrected chi connectivity index (χ3v) is 4.34. The minimum absolute atomic E-state index is 0.0928. The lowest BCUT2D eigenvalue weighted by atomic mass is 10.1. The lowest BCUT2D eigenvalue weighted by molar-refractivity contribution is -0.125. The van der Waals surface area contributed by atoms with Crippen LogP contribution in [0.4, 0.5) is 0 Å². The fraction of sp³-hybridized carbons (Fsp3) is 0.529. The Balaban J connectivity index is 1.73. The molecule has 0 spiro atoms. The predicted molar refractivity (Wildman–Crippen MR) is 90.0 cm³/mol. The first-order valence-electron chi connectivity index (χ1n) is 8.41. The number of carbonyl (C=O) groups excluding carboxylic acids is 1. The number of tetrazole rings is 1. The van der Waals surface area contributed by atoms with E-state index in [1.165, 1.54) is 5.56 Å². The van der Waals surface area contributed by atoms with Crippen molar-refractivity contribution in [3.05, 3.63) is 42.2 Å². The first kappa shape index (κ1) is 16.6. The van der Waals surface area contributed by atoms with Gasteiger partial charge >= 0.3 is 0 Å². The first-order valence-corrected chi connectivity index (χ1v) is 8.41. The lowest BCUT2D eigenvalue weighted by Crippen LogP contribution is -2.43. The summed E-state index contributed by atoms with van der Waals surface area (Å²) in [6, 6.07) is 10.2. The Labute approximate surface area is 142 Å². The average molecular weight is 328 g/mol. The molecule has 1 aromatic heterocycles. The van der Waals surface area contributed by atoms with Crippen LogP contribution in [0.25, 0.3) is 0 Å². The van der Waals surface area contributed by atoms with E-state index in [0.717, 1.165) is 19.5 Å². The van der Waals surface area contributed by atoms with Crippen molar-refractivity contribution in [1.82, 2.24) is 30.4 Å². The Hall–Kier alpha value is -2.28. The van der Waals surface area contributed by atoms with Crippen molar-refractivity contribution in [3.63, 3.8) is 0 Å². The second-order valence-corrected chi connectivity index (χ2v) is 6.75. The number of amides is 1. The van der Waals surface area contributed by atoms with Crippen molar-refractivity contribution in [2.45, 2.75) is 38.9 Å². The van der Waals surface area contributed by atoms with E-state index in [1.54, 1.807) is 11.0 Å². The number of carbonyl (C=O) groups is 1. The minimum Gasteiger partial charge on any atom is -0.354 e. The molecule has 0 aliphatic carbocycles. The van der Waals surface area contributed by atoms with Crippen LogP contribution in [0.1, 0.15) is 31.9 Å². The van der Waals surface area contributed by atoms with E-state index < -0.39 is 0 Å². The molecule has 2 aromatic rings. The highest BCUT2D eigenvalue weighted by atomic mass is 16.2. The third kappa shape index (κ3) is 3.97. The van der Waals surface area contributed by atoms with Gasteiger partial charge in [-0.2, -0.15) is 0 Å². The van der Waals surface area contributed by atoms with Crippen molar-refractivity contribution < 1.29 is 4.79 Å². The largest absolute Gasteiger partial charge is 0.354 e. The van der Waals surface area contributed by atoms with Crippen LogP contribution >= 0.6 is 0 Å². The summed E-state index contributed by atoms with van der Waals surface area (Å²) in [6.45, 7) is 6.41. The summed E-state index contributed by atoms with van der Waals surface area (Å²) >= 11 is 0. The molecule has 1 fully saturated rings. The molecule has 1 amide bonds. The Bertz CT molecular complexity index is 642. The maximum absolute atomic E-state index is 12.7. The van der Waals surface area contributed by atoms with Gasteiger partial charge < -0.3 is 5.32 Å². The molecule has 1 aliphatic rings. The van der Waals surface area contributed by atoms with Crippen LogP contribution in [-0.2, 0) is 11.3 Å². The van der Waals surface area contributed by atoms with Gasteiger partial charge in [-0.3, -0.25) is 9.69 Å². The standard InChI is InChI=1S/C17H24N6O/c1-13(2)9-18-17(24)16-8-15(23-12-19-20-21-23)11-22(16)10-14-6-4-3-5-7-14/h3-7,12-13,15-16H,8-11H2,1-2H3,(H,18,24)/t15-,16+/m1/s1. The van der Waals surface area contributed by atoms with Crippen LogP contribution in [0.15, 0.2) is 36.7 Å². The van der Waals surface area contributed by atoms with E-state index in [-0.39, 0.29) is 18.0 Å². The van der Waals surface area contributed by atoms with Crippen LogP contribution in [0.2, 0.25) is 0 Å². The van der Waals surface area contributed by atoms with Crippen molar-refractivity contribution in [3.8, 4) is 0 Å². The number of aromatic nitrogens is 4. The molecule has 128 valence electrons. The van der Waals surface area contributed by atoms with E-state index in [2.05, 4.69) is 51.7 Å². The van der Waals surface area contributed by atoms with Gasteiger partial charge in [0, 0.05) is 19.6 Å². The smallest absolute Gasteiger partial charge is 0.237 e. The lowest BCUT2D eigenvalue weighted by Gasteiger charge is -2.23. The van der Waals surface area contributed by atoms with E-state index >= 15 is 0 Å². The first-order chi connectivity index (χ1) is 11.6. The highest BCUT2D eigenvalue weighted by Gasteiger charge is 2.38. The molecule has 7 heteroatoms. The van der Waals surface area contributed by atoms with Gasteiger partial charge in [0.2, 0.25) is 5.91 Å². The Morgan fingerprint density at radius 2 is 2.12 bits per heavy atom. The normalized spacial score (nSPS) is 21.3. The molecular weight excluding hydrogens is 304 g/mol. The molecular formula is C17H24N6O. The van der Waals surface area contributed by atoms with Gasteiger partial charge in [-0.15, -0.1) is 5.10 Å². The molecule has 0 saturated carbocycles. The maximum atomic E-state index is 12.7. The second-order valence-electron chi connectivity index (χ2n) is 6.75. The van der Waals surface area contributed by atoms with Crippen LogP contribution in [0, 0.1) is 5.92 Å². The van der Waals surface area contributed by atoms with Gasteiger partial charge in [0.25, 0.3) is 0 Å². The number of rotatable bonds is 6. The Morgan fingerprint density at radius 1 is 1.33 bits per heavy atom. The Kier molecular flexibility index (Phi) is 5.20. The van der Waals surface area contributed by atoms with Gasteiger partial charge in [-0.25, -0.2) is 4.68 Å². The predicted octanol–water partition coefficient (Wildman–Crippen LogP) is 1.26. The van der Waals surface area contributed by atoms with Gasteiger partial charge in [-0.05, 0) is 28.3 Å². The molecule has 0 bridgehead atoms. The third-order valence-electron chi connectivity index (χ3n) is 4.34. The number of nitrogens with zero attached hydrogens (tertiary/aromatic N) is 5. The van der Waals surface area contributed by atoms with Crippen molar-refractivity contribution in [2.24, 2.45) is 5.92 Å². The molecule has 3 rings (SSSR count). The van der Waals surface area contributed by atoms with Crippen LogP contribution < -0.4 is 5.32 Å². The summed E-state index contributed by atoms with van der Waals surface area (Å²) in [5.41, 5.74) is 1.21. The SMILES string of the molecule is CC(C)CNC(=O)[C@@H]1C[C@@H](n2cnnn2)CN1Cc1ccccc1. The fourth-order valence-electron chi connectivity index (χ4n) is 3.09. The average Bonchev–Trinajstić information content (AvgIpc) is 3.23. The molecule has 24 heavy (non-hydrogen) atoms. The highest BCUT2D eigenvalue weighted by molar-refractivity contribution is 5.82. The molecule has 1 saturated heterocycles. The molecule has 2 atom stereocenters. The van der Waals surface area contributed by atoms with Gasteiger partial charge in [-0.1, -0.05) is 44.2 Å². The second kappa shape index (κ2) is 7.53. The zero-order valence-corrected chi connectivity index (χ0v) is 14.2. The minimum atomic E-state index is -0.154. The van der Waals surface area contributed by atoms with Gasteiger partial charge in [0.15, 0.2) is 0 Å². The number of benzene rings is 1. The monoisotopic (exact) mass is 328 g/mol.